The second-order valence-corrected chi connectivity index (χ2v) is 5.84. The van der Waals surface area contributed by atoms with Gasteiger partial charge in [0.25, 0.3) is 0 Å². The molecular formula is C16H21N3O3. The number of aromatic amines is 1. The Bertz CT molecular complexity index is 705. The zero-order valence-corrected chi connectivity index (χ0v) is 13.0. The highest BCUT2D eigenvalue weighted by Crippen LogP contribution is 2.31. The van der Waals surface area contributed by atoms with Crippen LogP contribution in [0.5, 0.6) is 11.5 Å². The van der Waals surface area contributed by atoms with Crippen LogP contribution >= 0.6 is 0 Å². The van der Waals surface area contributed by atoms with Crippen molar-refractivity contribution in [2.45, 2.75) is 12.8 Å². The van der Waals surface area contributed by atoms with Gasteiger partial charge in [0.2, 0.25) is 0 Å². The Hall–Kier alpha value is -2.08. The van der Waals surface area contributed by atoms with Gasteiger partial charge in [-0.25, -0.2) is 9.78 Å². The third-order valence-corrected chi connectivity index (χ3v) is 4.21. The van der Waals surface area contributed by atoms with Crippen LogP contribution in [-0.4, -0.2) is 48.7 Å². The van der Waals surface area contributed by atoms with Crippen LogP contribution in [0.4, 0.5) is 0 Å². The maximum absolute atomic E-state index is 11.3. The zero-order chi connectivity index (χ0) is 15.5. The topological polar surface area (TPSA) is 67.4 Å². The van der Waals surface area contributed by atoms with Gasteiger partial charge < -0.3 is 19.4 Å². The van der Waals surface area contributed by atoms with Crippen molar-refractivity contribution in [2.75, 3.05) is 33.9 Å². The largest absolute Gasteiger partial charge is 0.493 e. The Labute approximate surface area is 129 Å². The van der Waals surface area contributed by atoms with Crippen molar-refractivity contribution in [3.05, 3.63) is 28.8 Å². The van der Waals surface area contributed by atoms with Gasteiger partial charge in [-0.05, 0) is 45.0 Å². The molecule has 0 aliphatic carbocycles. The molecule has 6 heteroatoms. The molecule has 118 valence electrons. The van der Waals surface area contributed by atoms with Crippen LogP contribution in [0.2, 0.25) is 0 Å². The molecule has 1 saturated heterocycles. The minimum atomic E-state index is -0.362. The maximum Gasteiger partial charge on any atom is 0.345 e. The van der Waals surface area contributed by atoms with E-state index in [-0.39, 0.29) is 5.69 Å². The van der Waals surface area contributed by atoms with E-state index in [0.29, 0.717) is 29.5 Å². The van der Waals surface area contributed by atoms with Crippen LogP contribution in [0.15, 0.2) is 23.1 Å². The van der Waals surface area contributed by atoms with Crippen molar-refractivity contribution in [2.24, 2.45) is 5.92 Å². The molecule has 6 nitrogen and oxygen atoms in total. The van der Waals surface area contributed by atoms with E-state index in [1.54, 1.807) is 7.11 Å². The summed E-state index contributed by atoms with van der Waals surface area (Å²) < 4.78 is 11.4. The van der Waals surface area contributed by atoms with Crippen molar-refractivity contribution in [1.29, 1.82) is 0 Å². The van der Waals surface area contributed by atoms with Crippen molar-refractivity contribution < 1.29 is 9.47 Å². The van der Waals surface area contributed by atoms with E-state index >= 15 is 0 Å². The van der Waals surface area contributed by atoms with E-state index in [1.807, 2.05) is 12.1 Å². The molecule has 0 spiro atoms. The van der Waals surface area contributed by atoms with E-state index in [9.17, 15) is 4.79 Å². The van der Waals surface area contributed by atoms with Gasteiger partial charge in [0.1, 0.15) is 0 Å². The molecule has 0 amide bonds. The number of nitrogens with one attached hydrogen (secondary N) is 1. The number of benzene rings is 1. The number of nitrogens with zero attached hydrogens (tertiary/aromatic N) is 2. The summed E-state index contributed by atoms with van der Waals surface area (Å²) in [7, 11) is 3.76. The van der Waals surface area contributed by atoms with Crippen LogP contribution in [0.25, 0.3) is 10.9 Å². The summed E-state index contributed by atoms with van der Waals surface area (Å²) in [6.07, 6.45) is 3.83. The van der Waals surface area contributed by atoms with E-state index in [1.165, 1.54) is 6.20 Å². The maximum atomic E-state index is 11.3. The number of hydrogen-bond donors (Lipinski definition) is 1. The Kier molecular flexibility index (Phi) is 4.29. The predicted octanol–water partition coefficient (Wildman–Crippen LogP) is 1.65. The highest BCUT2D eigenvalue weighted by Gasteiger charge is 2.18. The van der Waals surface area contributed by atoms with Crippen molar-refractivity contribution in [1.82, 2.24) is 14.9 Å². The Morgan fingerprint density at radius 3 is 2.82 bits per heavy atom. The Morgan fingerprint density at radius 2 is 2.09 bits per heavy atom. The fourth-order valence-electron chi connectivity index (χ4n) is 2.78. The Balaban J connectivity index is 1.78. The smallest absolute Gasteiger partial charge is 0.345 e. The Morgan fingerprint density at radius 1 is 1.32 bits per heavy atom. The molecule has 1 aliphatic rings. The molecule has 0 atom stereocenters. The molecule has 2 heterocycles. The van der Waals surface area contributed by atoms with E-state index < -0.39 is 0 Å². The normalized spacial score (nSPS) is 16.8. The summed E-state index contributed by atoms with van der Waals surface area (Å²) >= 11 is 0. The first-order valence-corrected chi connectivity index (χ1v) is 7.54. The number of methoxy groups -OCH3 is 1. The molecule has 3 rings (SSSR count). The zero-order valence-electron chi connectivity index (χ0n) is 13.0. The highest BCUT2D eigenvalue weighted by molar-refractivity contribution is 5.81. The summed E-state index contributed by atoms with van der Waals surface area (Å²) in [6, 6.07) is 3.65. The van der Waals surface area contributed by atoms with Gasteiger partial charge in [0.05, 0.1) is 19.2 Å². The van der Waals surface area contributed by atoms with Gasteiger partial charge in [-0.2, -0.15) is 0 Å². The SMILES string of the molecule is COc1cc2cnc(=O)[nH]c2cc1OCC1CCN(C)CC1. The van der Waals surface area contributed by atoms with Gasteiger partial charge in [-0.15, -0.1) is 0 Å². The quantitative estimate of drug-likeness (QED) is 0.930. The summed E-state index contributed by atoms with van der Waals surface area (Å²) in [5.74, 6) is 1.89. The molecule has 0 unspecified atom stereocenters. The fourth-order valence-corrected chi connectivity index (χ4v) is 2.78. The molecule has 1 aliphatic heterocycles. The van der Waals surface area contributed by atoms with E-state index in [4.69, 9.17) is 9.47 Å². The lowest BCUT2D eigenvalue weighted by atomic mass is 9.98. The highest BCUT2D eigenvalue weighted by atomic mass is 16.5. The van der Waals surface area contributed by atoms with Crippen LogP contribution in [0.1, 0.15) is 12.8 Å². The number of fused-ring (bicyclic) bond motifs is 1. The minimum Gasteiger partial charge on any atom is -0.493 e. The first-order chi connectivity index (χ1) is 10.7. The molecule has 22 heavy (non-hydrogen) atoms. The molecule has 1 fully saturated rings. The fraction of sp³-hybridized carbons (Fsp3) is 0.500. The third-order valence-electron chi connectivity index (χ3n) is 4.21. The minimum absolute atomic E-state index is 0.362. The van der Waals surface area contributed by atoms with Gasteiger partial charge in [-0.1, -0.05) is 0 Å². The molecular weight excluding hydrogens is 282 g/mol. The van der Waals surface area contributed by atoms with Gasteiger partial charge in [0, 0.05) is 17.6 Å². The van der Waals surface area contributed by atoms with Crippen LogP contribution < -0.4 is 15.2 Å². The average molecular weight is 303 g/mol. The molecule has 1 aromatic heterocycles. The van der Waals surface area contributed by atoms with Gasteiger partial charge in [0.15, 0.2) is 11.5 Å². The standard InChI is InChI=1S/C16H21N3O3/c1-19-5-3-11(4-6-19)10-22-15-8-13-12(7-14(15)21-2)9-17-16(20)18-13/h7-9,11H,3-6,10H2,1-2H3,(H,17,18,20). The lowest BCUT2D eigenvalue weighted by Crippen LogP contribution is -2.32. The van der Waals surface area contributed by atoms with Gasteiger partial charge in [-0.3, -0.25) is 0 Å². The second-order valence-electron chi connectivity index (χ2n) is 5.84. The molecule has 0 radical (unpaired) electrons. The summed E-state index contributed by atoms with van der Waals surface area (Å²) in [4.78, 5) is 20.1. The molecule has 1 N–H and O–H groups in total. The first kappa shape index (κ1) is 14.8. The summed E-state index contributed by atoms with van der Waals surface area (Å²) in [5, 5.41) is 0.822. The number of piperidine rings is 1. The number of hydrogen-bond acceptors (Lipinski definition) is 5. The lowest BCUT2D eigenvalue weighted by Gasteiger charge is -2.28. The van der Waals surface area contributed by atoms with E-state index in [2.05, 4.69) is 21.9 Å². The second kappa shape index (κ2) is 6.36. The number of H-pyrrole nitrogens is 1. The summed E-state index contributed by atoms with van der Waals surface area (Å²) in [6.45, 7) is 2.90. The third kappa shape index (κ3) is 3.22. The molecule has 2 aromatic rings. The first-order valence-electron chi connectivity index (χ1n) is 7.54. The van der Waals surface area contributed by atoms with Crippen molar-refractivity contribution >= 4 is 10.9 Å². The number of ether oxygens (including phenoxy) is 2. The molecule has 0 bridgehead atoms. The monoisotopic (exact) mass is 303 g/mol. The van der Waals surface area contributed by atoms with Crippen molar-refractivity contribution in [3.8, 4) is 11.5 Å². The van der Waals surface area contributed by atoms with Crippen LogP contribution in [0.3, 0.4) is 0 Å². The van der Waals surface area contributed by atoms with Crippen LogP contribution in [0, 0.1) is 5.92 Å². The number of likely N-dealkylation sites (tertiary alicyclic amines) is 1. The van der Waals surface area contributed by atoms with Crippen LogP contribution in [-0.2, 0) is 0 Å². The molecule has 1 aromatic carbocycles. The number of rotatable bonds is 4. The van der Waals surface area contributed by atoms with Crippen molar-refractivity contribution in [3.63, 3.8) is 0 Å². The lowest BCUT2D eigenvalue weighted by molar-refractivity contribution is 0.157. The predicted molar refractivity (Wildman–Crippen MR) is 84.6 cm³/mol. The van der Waals surface area contributed by atoms with Gasteiger partial charge >= 0.3 is 5.69 Å². The van der Waals surface area contributed by atoms with E-state index in [0.717, 1.165) is 31.3 Å². The number of aromatic nitrogens is 2. The summed E-state index contributed by atoms with van der Waals surface area (Å²) in [5.41, 5.74) is 0.345. The molecule has 0 saturated carbocycles. The average Bonchev–Trinajstić information content (AvgIpc) is 2.53.